The summed E-state index contributed by atoms with van der Waals surface area (Å²) < 4.78 is 1.31. The number of halogens is 1. The first kappa shape index (κ1) is 13.9. The van der Waals surface area contributed by atoms with Crippen LogP contribution in [-0.4, -0.2) is 4.43 Å². The molecule has 0 atom stereocenters. The Kier molecular flexibility index (Phi) is 12.9. The van der Waals surface area contributed by atoms with Crippen LogP contribution < -0.4 is 0 Å². The number of hydrogen-bond acceptors (Lipinski definition) is 0. The van der Waals surface area contributed by atoms with Crippen molar-refractivity contribution in [2.75, 3.05) is 4.43 Å². The van der Waals surface area contributed by atoms with E-state index in [2.05, 4.69) is 46.9 Å². The van der Waals surface area contributed by atoms with Crippen molar-refractivity contribution in [1.29, 1.82) is 0 Å². The summed E-state index contributed by atoms with van der Waals surface area (Å²) >= 11 is 2.45. The van der Waals surface area contributed by atoms with Gasteiger partial charge in [0.1, 0.15) is 0 Å². The predicted octanol–water partition coefficient (Wildman–Crippen LogP) is 5.06. The van der Waals surface area contributed by atoms with E-state index in [-0.39, 0.29) is 0 Å². The fourth-order valence-corrected chi connectivity index (χ4v) is 1.66. The van der Waals surface area contributed by atoms with Crippen LogP contribution in [-0.2, 0) is 0 Å². The van der Waals surface area contributed by atoms with Crippen LogP contribution in [0.4, 0.5) is 0 Å². The maximum absolute atomic E-state index is 2.45. The molecule has 0 aliphatic carbocycles. The summed E-state index contributed by atoms with van der Waals surface area (Å²) in [7, 11) is 0. The van der Waals surface area contributed by atoms with Gasteiger partial charge in [-0.15, -0.1) is 0 Å². The van der Waals surface area contributed by atoms with E-state index in [4.69, 9.17) is 0 Å². The van der Waals surface area contributed by atoms with Crippen LogP contribution in [0.2, 0.25) is 0 Å². The van der Waals surface area contributed by atoms with Gasteiger partial charge >= 0.3 is 0 Å². The Balaban J connectivity index is 3.18. The van der Waals surface area contributed by atoms with Gasteiger partial charge in [0, 0.05) is 0 Å². The molecule has 0 rings (SSSR count). The van der Waals surface area contributed by atoms with Crippen molar-refractivity contribution in [2.45, 2.75) is 39.0 Å². The minimum absolute atomic E-state index is 1.22. The molecule has 0 radical (unpaired) electrons. The van der Waals surface area contributed by atoms with Crippen LogP contribution >= 0.6 is 22.6 Å². The van der Waals surface area contributed by atoms with Crippen molar-refractivity contribution in [3.63, 3.8) is 0 Å². The Morgan fingerprint density at radius 2 is 1.57 bits per heavy atom. The molecule has 0 fully saturated rings. The van der Waals surface area contributed by atoms with Gasteiger partial charge in [0.15, 0.2) is 0 Å². The quantitative estimate of drug-likeness (QED) is 0.254. The van der Waals surface area contributed by atoms with E-state index in [1.165, 1.54) is 36.5 Å². The first-order valence-electron chi connectivity index (χ1n) is 5.42. The van der Waals surface area contributed by atoms with E-state index in [0.717, 1.165) is 0 Å². The molecule has 0 nitrogen and oxygen atoms in total. The third kappa shape index (κ3) is 11.9. The summed E-state index contributed by atoms with van der Waals surface area (Å²) in [6, 6.07) is 0. The van der Waals surface area contributed by atoms with Gasteiger partial charge in [-0.3, -0.25) is 0 Å². The number of hydrogen-bond donors (Lipinski definition) is 0. The van der Waals surface area contributed by atoms with Crippen molar-refractivity contribution in [3.8, 4) is 0 Å². The molecule has 0 aromatic rings. The minimum Gasteiger partial charge on any atom is -0.0877 e. The van der Waals surface area contributed by atoms with Crippen LogP contribution in [0.1, 0.15) is 39.0 Å². The van der Waals surface area contributed by atoms with E-state index in [9.17, 15) is 0 Å². The molecule has 0 N–H and O–H groups in total. The fourth-order valence-electron chi connectivity index (χ4n) is 1.12. The van der Waals surface area contributed by atoms with Gasteiger partial charge in [-0.1, -0.05) is 71.9 Å². The lowest BCUT2D eigenvalue weighted by Gasteiger charge is -1.94. The summed E-state index contributed by atoms with van der Waals surface area (Å²) in [5.74, 6) is 0. The van der Waals surface area contributed by atoms with Crippen LogP contribution in [0.3, 0.4) is 0 Å². The van der Waals surface area contributed by atoms with E-state index < -0.39 is 0 Å². The van der Waals surface area contributed by atoms with Crippen LogP contribution in [0.15, 0.2) is 36.5 Å². The van der Waals surface area contributed by atoms with Gasteiger partial charge in [0.05, 0.1) is 0 Å². The lowest BCUT2D eigenvalue weighted by molar-refractivity contribution is 0.681. The molecule has 0 unspecified atom stereocenters. The summed E-state index contributed by atoms with van der Waals surface area (Å²) in [6.45, 7) is 2.03. The van der Waals surface area contributed by atoms with Crippen LogP contribution in [0.25, 0.3) is 0 Å². The molecule has 0 heterocycles. The zero-order valence-corrected chi connectivity index (χ0v) is 11.2. The van der Waals surface area contributed by atoms with E-state index in [0.29, 0.717) is 0 Å². The molecule has 0 saturated carbocycles. The second kappa shape index (κ2) is 12.9. The molecule has 0 amide bonds. The van der Waals surface area contributed by atoms with Gasteiger partial charge in [0.2, 0.25) is 0 Å². The summed E-state index contributed by atoms with van der Waals surface area (Å²) in [5.41, 5.74) is 0. The Labute approximate surface area is 102 Å². The molecule has 0 aliphatic heterocycles. The molecule has 1 heteroatoms. The minimum atomic E-state index is 1.22. The van der Waals surface area contributed by atoms with Crippen molar-refractivity contribution in [2.24, 2.45) is 0 Å². The number of unbranched alkanes of at least 4 members (excludes halogenated alkanes) is 4. The van der Waals surface area contributed by atoms with Gasteiger partial charge in [-0.25, -0.2) is 0 Å². The summed E-state index contributed by atoms with van der Waals surface area (Å²) in [6.07, 6.45) is 19.3. The van der Waals surface area contributed by atoms with Crippen molar-refractivity contribution >= 4 is 22.6 Å². The highest BCUT2D eigenvalue weighted by Gasteiger charge is 1.85. The largest absolute Gasteiger partial charge is 0.0877 e. The first-order chi connectivity index (χ1) is 6.91. The van der Waals surface area contributed by atoms with Crippen molar-refractivity contribution in [1.82, 2.24) is 0 Å². The third-order valence-corrected chi connectivity index (χ3v) is 2.68. The zero-order chi connectivity index (χ0) is 10.5. The average Bonchev–Trinajstić information content (AvgIpc) is 2.21. The molecule has 0 saturated heterocycles. The number of alkyl halides is 1. The normalized spacial score (nSPS) is 12.4. The lowest BCUT2D eigenvalue weighted by atomic mass is 10.1. The molecule has 0 aromatic carbocycles. The topological polar surface area (TPSA) is 0 Å². The Morgan fingerprint density at radius 1 is 0.857 bits per heavy atom. The molecule has 0 bridgehead atoms. The molecule has 14 heavy (non-hydrogen) atoms. The first-order valence-corrected chi connectivity index (χ1v) is 6.95. The second-order valence-electron chi connectivity index (χ2n) is 3.23. The molecule has 80 valence electrons. The Bertz CT molecular complexity index is 178. The maximum atomic E-state index is 2.45. The van der Waals surface area contributed by atoms with Gasteiger partial charge in [-0.05, 0) is 30.6 Å². The second-order valence-corrected chi connectivity index (χ2v) is 4.31. The Hall–Kier alpha value is -0.0500. The van der Waals surface area contributed by atoms with Crippen LogP contribution in [0.5, 0.6) is 0 Å². The highest BCUT2D eigenvalue weighted by Crippen LogP contribution is 2.05. The van der Waals surface area contributed by atoms with Gasteiger partial charge in [0.25, 0.3) is 0 Å². The van der Waals surface area contributed by atoms with Crippen molar-refractivity contribution < 1.29 is 0 Å². The molecular formula is C13H21I. The zero-order valence-electron chi connectivity index (χ0n) is 9.08. The number of rotatable bonds is 8. The van der Waals surface area contributed by atoms with Gasteiger partial charge < -0.3 is 0 Å². The maximum Gasteiger partial charge on any atom is -0.000473 e. The van der Waals surface area contributed by atoms with E-state index in [1.54, 1.807) is 0 Å². The standard InChI is InChI=1S/C13H21I/c1-2-3-4-5-6-7-8-9-10-11-12-13-14/h2-7H,8-13H2,1H3/b3-2+,5-4+,7-6?. The van der Waals surface area contributed by atoms with Crippen LogP contribution in [0, 0.1) is 0 Å². The summed E-state index contributed by atoms with van der Waals surface area (Å²) in [5, 5.41) is 0. The summed E-state index contributed by atoms with van der Waals surface area (Å²) in [4.78, 5) is 0. The third-order valence-electron chi connectivity index (χ3n) is 1.92. The van der Waals surface area contributed by atoms with Crippen molar-refractivity contribution in [3.05, 3.63) is 36.5 Å². The predicted molar refractivity (Wildman–Crippen MR) is 75.1 cm³/mol. The highest BCUT2D eigenvalue weighted by atomic mass is 127. The average molecular weight is 304 g/mol. The fraction of sp³-hybridized carbons (Fsp3) is 0.538. The molecule has 0 aliphatic rings. The molecule has 0 aromatic heterocycles. The number of allylic oxidation sites excluding steroid dienone is 6. The van der Waals surface area contributed by atoms with E-state index in [1.807, 2.05) is 19.1 Å². The highest BCUT2D eigenvalue weighted by molar-refractivity contribution is 14.1. The smallest absolute Gasteiger partial charge is 0.000473 e. The van der Waals surface area contributed by atoms with E-state index >= 15 is 0 Å². The SMILES string of the molecule is C/C=C/C=C/C=CCCCCCCI. The van der Waals surface area contributed by atoms with Gasteiger partial charge in [-0.2, -0.15) is 0 Å². The molecule has 0 spiro atoms. The lowest BCUT2D eigenvalue weighted by Crippen LogP contribution is -1.77. The molecular weight excluding hydrogens is 283 g/mol. The Morgan fingerprint density at radius 3 is 2.29 bits per heavy atom. The monoisotopic (exact) mass is 304 g/mol.